The molecule has 0 radical (unpaired) electrons. The molecule has 2 aromatic heterocycles. The van der Waals surface area contributed by atoms with Gasteiger partial charge in [0.1, 0.15) is 17.0 Å². The van der Waals surface area contributed by atoms with Gasteiger partial charge in [0.25, 0.3) is 0 Å². The van der Waals surface area contributed by atoms with Crippen LogP contribution in [-0.4, -0.2) is 35.8 Å². The Labute approximate surface area is 122 Å². The van der Waals surface area contributed by atoms with Crippen LogP contribution in [0.5, 0.6) is 0 Å². The number of morpholine rings is 1. The average molecular weight is 289 g/mol. The Morgan fingerprint density at radius 1 is 1.40 bits per heavy atom. The van der Waals surface area contributed by atoms with E-state index >= 15 is 0 Å². The molecule has 3 heterocycles. The Kier molecular flexibility index (Phi) is 3.11. The third-order valence-corrected chi connectivity index (χ3v) is 5.65. The van der Waals surface area contributed by atoms with Crippen LogP contribution < -0.4 is 4.90 Å². The number of ether oxygens (including phenoxy) is 1. The number of hydrogen-bond acceptors (Lipinski definition) is 5. The van der Waals surface area contributed by atoms with Crippen LogP contribution in [0.15, 0.2) is 6.33 Å². The lowest BCUT2D eigenvalue weighted by Gasteiger charge is -2.36. The van der Waals surface area contributed by atoms with Crippen molar-refractivity contribution >= 4 is 27.4 Å². The minimum atomic E-state index is 0.443. The molecule has 1 fully saturated rings. The molecule has 1 atom stereocenters. The van der Waals surface area contributed by atoms with E-state index in [1.807, 2.05) is 11.3 Å². The Morgan fingerprint density at radius 3 is 3.25 bits per heavy atom. The summed E-state index contributed by atoms with van der Waals surface area (Å²) in [5.74, 6) is 1.14. The van der Waals surface area contributed by atoms with Crippen LogP contribution in [0.1, 0.15) is 30.2 Å². The molecule has 1 unspecified atom stereocenters. The lowest BCUT2D eigenvalue weighted by molar-refractivity contribution is 0.0927. The highest BCUT2D eigenvalue weighted by Crippen LogP contribution is 2.40. The van der Waals surface area contributed by atoms with Gasteiger partial charge in [-0.1, -0.05) is 6.92 Å². The number of aromatic nitrogens is 2. The topological polar surface area (TPSA) is 38.2 Å². The molecule has 1 aliphatic heterocycles. The van der Waals surface area contributed by atoms with Crippen molar-refractivity contribution in [2.24, 2.45) is 0 Å². The van der Waals surface area contributed by atoms with Gasteiger partial charge in [-0.25, -0.2) is 9.97 Å². The third-order valence-electron chi connectivity index (χ3n) is 4.45. The molecule has 4 nitrogen and oxygen atoms in total. The Bertz CT molecular complexity index is 639. The van der Waals surface area contributed by atoms with Gasteiger partial charge in [-0.05, 0) is 31.2 Å². The van der Waals surface area contributed by atoms with E-state index in [1.165, 1.54) is 39.9 Å². The quantitative estimate of drug-likeness (QED) is 0.852. The molecule has 0 bridgehead atoms. The molecule has 2 aliphatic rings. The van der Waals surface area contributed by atoms with E-state index in [1.54, 1.807) is 6.33 Å². The fourth-order valence-electron chi connectivity index (χ4n) is 3.40. The molecule has 0 spiro atoms. The van der Waals surface area contributed by atoms with Crippen molar-refractivity contribution in [2.75, 3.05) is 24.7 Å². The maximum atomic E-state index is 5.63. The van der Waals surface area contributed by atoms with Crippen molar-refractivity contribution in [3.05, 3.63) is 16.8 Å². The largest absolute Gasteiger partial charge is 0.377 e. The van der Waals surface area contributed by atoms with Crippen LogP contribution >= 0.6 is 11.3 Å². The van der Waals surface area contributed by atoms with Gasteiger partial charge < -0.3 is 9.64 Å². The molecule has 0 N–H and O–H groups in total. The molecular weight excluding hydrogens is 270 g/mol. The van der Waals surface area contributed by atoms with Crippen molar-refractivity contribution < 1.29 is 4.74 Å². The maximum absolute atomic E-state index is 5.63. The summed E-state index contributed by atoms with van der Waals surface area (Å²) >= 11 is 1.86. The summed E-state index contributed by atoms with van der Waals surface area (Å²) < 4.78 is 5.63. The van der Waals surface area contributed by atoms with E-state index in [4.69, 9.17) is 4.74 Å². The molecular formula is C15H19N3OS. The summed E-state index contributed by atoms with van der Waals surface area (Å²) in [5.41, 5.74) is 1.52. The number of hydrogen-bond donors (Lipinski definition) is 0. The first kappa shape index (κ1) is 12.5. The number of fused-ring (bicyclic) bond motifs is 3. The number of rotatable bonds is 2. The summed E-state index contributed by atoms with van der Waals surface area (Å²) in [6.45, 7) is 4.78. The van der Waals surface area contributed by atoms with E-state index < -0.39 is 0 Å². The van der Waals surface area contributed by atoms with Crippen molar-refractivity contribution in [3.63, 3.8) is 0 Å². The maximum Gasteiger partial charge on any atom is 0.141 e. The molecule has 20 heavy (non-hydrogen) atoms. The zero-order valence-electron chi connectivity index (χ0n) is 11.8. The van der Waals surface area contributed by atoms with Crippen LogP contribution in [0.3, 0.4) is 0 Å². The van der Waals surface area contributed by atoms with Crippen LogP contribution in [0.2, 0.25) is 0 Å². The summed E-state index contributed by atoms with van der Waals surface area (Å²) in [4.78, 5) is 14.3. The zero-order valence-corrected chi connectivity index (χ0v) is 12.6. The summed E-state index contributed by atoms with van der Waals surface area (Å²) in [7, 11) is 0. The van der Waals surface area contributed by atoms with Crippen molar-refractivity contribution in [3.8, 4) is 0 Å². The second-order valence-corrected chi connectivity index (χ2v) is 6.65. The smallest absolute Gasteiger partial charge is 0.141 e. The molecule has 5 heteroatoms. The van der Waals surface area contributed by atoms with Crippen LogP contribution in [0, 0.1) is 0 Å². The highest BCUT2D eigenvalue weighted by molar-refractivity contribution is 7.19. The van der Waals surface area contributed by atoms with Gasteiger partial charge in [0.05, 0.1) is 24.6 Å². The molecule has 1 aliphatic carbocycles. The molecule has 4 rings (SSSR count). The van der Waals surface area contributed by atoms with Gasteiger partial charge in [-0.2, -0.15) is 0 Å². The van der Waals surface area contributed by atoms with E-state index in [0.29, 0.717) is 6.04 Å². The van der Waals surface area contributed by atoms with Gasteiger partial charge in [-0.15, -0.1) is 11.3 Å². The minimum absolute atomic E-state index is 0.443. The highest BCUT2D eigenvalue weighted by atomic mass is 32.1. The third kappa shape index (κ3) is 1.84. The lowest BCUT2D eigenvalue weighted by Crippen LogP contribution is -2.45. The van der Waals surface area contributed by atoms with Gasteiger partial charge in [-0.3, -0.25) is 0 Å². The number of anilines is 1. The molecule has 1 saturated heterocycles. The monoisotopic (exact) mass is 289 g/mol. The second kappa shape index (κ2) is 4.97. The first-order valence-corrected chi connectivity index (χ1v) is 8.29. The van der Waals surface area contributed by atoms with E-state index in [2.05, 4.69) is 21.8 Å². The molecule has 0 aromatic carbocycles. The summed E-state index contributed by atoms with van der Waals surface area (Å²) in [6, 6.07) is 0.443. The lowest BCUT2D eigenvalue weighted by atomic mass is 10.1. The first-order valence-electron chi connectivity index (χ1n) is 7.48. The van der Waals surface area contributed by atoms with Gasteiger partial charge in [0.15, 0.2) is 0 Å². The van der Waals surface area contributed by atoms with Crippen molar-refractivity contribution in [2.45, 2.75) is 38.6 Å². The highest BCUT2D eigenvalue weighted by Gasteiger charge is 2.28. The predicted octanol–water partition coefficient (Wildman–Crippen LogP) is 2.80. The number of aryl methyl sites for hydroxylation is 2. The summed E-state index contributed by atoms with van der Waals surface area (Å²) in [5, 5.41) is 1.32. The fraction of sp³-hybridized carbons (Fsp3) is 0.600. The van der Waals surface area contributed by atoms with Crippen LogP contribution in [0.4, 0.5) is 5.82 Å². The SMILES string of the molecule is CCC1COCCN1c1ncnc2sc3c(c12)CCC3. The van der Waals surface area contributed by atoms with E-state index in [9.17, 15) is 0 Å². The number of nitrogens with zero attached hydrogens (tertiary/aromatic N) is 3. The zero-order chi connectivity index (χ0) is 13.5. The number of thiophene rings is 1. The standard InChI is InChI=1S/C15H19N3OS/c1-2-10-8-19-7-6-18(10)14-13-11-4-3-5-12(11)20-15(13)17-9-16-14/h9-10H,2-8H2,1H3. The van der Waals surface area contributed by atoms with Crippen LogP contribution in [-0.2, 0) is 17.6 Å². The van der Waals surface area contributed by atoms with Gasteiger partial charge in [0, 0.05) is 11.4 Å². The normalized spacial score (nSPS) is 22.4. The molecule has 0 saturated carbocycles. The van der Waals surface area contributed by atoms with Crippen molar-refractivity contribution in [1.29, 1.82) is 0 Å². The second-order valence-electron chi connectivity index (χ2n) is 5.57. The molecule has 106 valence electrons. The van der Waals surface area contributed by atoms with E-state index in [0.717, 1.165) is 32.0 Å². The van der Waals surface area contributed by atoms with Gasteiger partial charge >= 0.3 is 0 Å². The predicted molar refractivity (Wildman–Crippen MR) is 81.7 cm³/mol. The van der Waals surface area contributed by atoms with Crippen LogP contribution in [0.25, 0.3) is 10.2 Å². The Balaban J connectivity index is 1.86. The average Bonchev–Trinajstić information content (AvgIpc) is 3.07. The van der Waals surface area contributed by atoms with E-state index in [-0.39, 0.29) is 0 Å². The molecule has 2 aromatic rings. The Morgan fingerprint density at radius 2 is 2.35 bits per heavy atom. The minimum Gasteiger partial charge on any atom is -0.377 e. The fourth-order valence-corrected chi connectivity index (χ4v) is 4.63. The Hall–Kier alpha value is -1.20. The summed E-state index contributed by atoms with van der Waals surface area (Å²) in [6.07, 6.45) is 6.52. The van der Waals surface area contributed by atoms with Gasteiger partial charge in [0.2, 0.25) is 0 Å². The van der Waals surface area contributed by atoms with Crippen molar-refractivity contribution in [1.82, 2.24) is 9.97 Å². The first-order chi connectivity index (χ1) is 9.88. The molecule has 0 amide bonds.